The van der Waals surface area contributed by atoms with Gasteiger partial charge in [0.2, 0.25) is 0 Å². The number of allylic oxidation sites excluding steroid dienone is 2. The average molecular weight is 314 g/mol. The second-order valence-corrected chi connectivity index (χ2v) is 6.53. The van der Waals surface area contributed by atoms with Crippen molar-refractivity contribution in [2.75, 3.05) is 7.11 Å². The maximum Gasteiger partial charge on any atom is 0.0865 e. The SMILES string of the molecule is COC=C1CC=Cc2ccc(C#CC(C)(C)c3ccccc3)cc21. The average Bonchev–Trinajstić information content (AvgIpc) is 2.61. The van der Waals surface area contributed by atoms with Crippen molar-refractivity contribution in [3.8, 4) is 11.8 Å². The molecule has 1 heteroatoms. The van der Waals surface area contributed by atoms with E-state index in [-0.39, 0.29) is 5.41 Å². The summed E-state index contributed by atoms with van der Waals surface area (Å²) in [6.07, 6.45) is 7.05. The van der Waals surface area contributed by atoms with Gasteiger partial charge in [0.15, 0.2) is 0 Å². The summed E-state index contributed by atoms with van der Waals surface area (Å²) >= 11 is 0. The van der Waals surface area contributed by atoms with Crippen molar-refractivity contribution < 1.29 is 4.74 Å². The number of benzene rings is 2. The van der Waals surface area contributed by atoms with E-state index in [2.05, 4.69) is 80.3 Å². The van der Waals surface area contributed by atoms with Gasteiger partial charge in [0, 0.05) is 5.56 Å². The maximum absolute atomic E-state index is 5.22. The lowest BCUT2D eigenvalue weighted by Crippen LogP contribution is -2.13. The van der Waals surface area contributed by atoms with Crippen molar-refractivity contribution in [2.24, 2.45) is 0 Å². The van der Waals surface area contributed by atoms with Crippen molar-refractivity contribution in [2.45, 2.75) is 25.7 Å². The largest absolute Gasteiger partial charge is 0.504 e. The van der Waals surface area contributed by atoms with Gasteiger partial charge < -0.3 is 4.74 Å². The summed E-state index contributed by atoms with van der Waals surface area (Å²) in [5.74, 6) is 6.78. The molecule has 1 nitrogen and oxygen atoms in total. The summed E-state index contributed by atoms with van der Waals surface area (Å²) in [6, 6.07) is 16.8. The summed E-state index contributed by atoms with van der Waals surface area (Å²) in [7, 11) is 1.69. The summed E-state index contributed by atoms with van der Waals surface area (Å²) < 4.78 is 5.22. The molecule has 0 N–H and O–H groups in total. The van der Waals surface area contributed by atoms with E-state index in [4.69, 9.17) is 4.74 Å². The van der Waals surface area contributed by atoms with Crippen LogP contribution in [0.1, 0.15) is 42.5 Å². The quantitative estimate of drug-likeness (QED) is 0.531. The fourth-order valence-corrected chi connectivity index (χ4v) is 2.89. The molecule has 0 heterocycles. The van der Waals surface area contributed by atoms with E-state index in [0.717, 1.165) is 12.0 Å². The number of rotatable bonds is 2. The highest BCUT2D eigenvalue weighted by Crippen LogP contribution is 2.29. The van der Waals surface area contributed by atoms with E-state index in [1.54, 1.807) is 7.11 Å². The first-order valence-corrected chi connectivity index (χ1v) is 8.22. The predicted octanol–water partition coefficient (Wildman–Crippen LogP) is 5.42. The lowest BCUT2D eigenvalue weighted by Gasteiger charge is -2.18. The van der Waals surface area contributed by atoms with E-state index >= 15 is 0 Å². The third-order valence-corrected chi connectivity index (χ3v) is 4.31. The second-order valence-electron chi connectivity index (χ2n) is 6.53. The minimum Gasteiger partial charge on any atom is -0.504 e. The Bertz CT molecular complexity index is 843. The van der Waals surface area contributed by atoms with Gasteiger partial charge in [-0.2, -0.15) is 0 Å². The second kappa shape index (κ2) is 6.81. The molecular formula is C23H22O. The highest BCUT2D eigenvalue weighted by atomic mass is 16.5. The molecule has 0 atom stereocenters. The van der Waals surface area contributed by atoms with Crippen LogP contribution in [0.2, 0.25) is 0 Å². The summed E-state index contributed by atoms with van der Waals surface area (Å²) in [6.45, 7) is 4.32. The van der Waals surface area contributed by atoms with Crippen LogP contribution in [0.5, 0.6) is 0 Å². The molecule has 1 aliphatic carbocycles. The van der Waals surface area contributed by atoms with E-state index in [0.29, 0.717) is 0 Å². The zero-order valence-corrected chi connectivity index (χ0v) is 14.5. The summed E-state index contributed by atoms with van der Waals surface area (Å²) in [4.78, 5) is 0. The van der Waals surface area contributed by atoms with Crippen LogP contribution in [-0.2, 0) is 10.2 Å². The van der Waals surface area contributed by atoms with E-state index < -0.39 is 0 Å². The Morgan fingerprint density at radius 1 is 1.08 bits per heavy atom. The monoisotopic (exact) mass is 314 g/mol. The first-order chi connectivity index (χ1) is 11.6. The van der Waals surface area contributed by atoms with Crippen molar-refractivity contribution in [1.82, 2.24) is 0 Å². The lowest BCUT2D eigenvalue weighted by atomic mass is 9.85. The van der Waals surface area contributed by atoms with Crippen molar-refractivity contribution in [3.05, 3.63) is 83.1 Å². The van der Waals surface area contributed by atoms with Gasteiger partial charge in [0.25, 0.3) is 0 Å². The van der Waals surface area contributed by atoms with Crippen LogP contribution in [0.4, 0.5) is 0 Å². The third kappa shape index (κ3) is 3.44. The molecule has 0 aliphatic heterocycles. The molecule has 0 spiro atoms. The zero-order chi connectivity index (χ0) is 17.0. The molecule has 0 saturated carbocycles. The first-order valence-electron chi connectivity index (χ1n) is 8.22. The van der Waals surface area contributed by atoms with Gasteiger partial charge >= 0.3 is 0 Å². The van der Waals surface area contributed by atoms with Crippen LogP contribution in [0, 0.1) is 11.8 Å². The molecule has 2 aromatic carbocycles. The molecule has 24 heavy (non-hydrogen) atoms. The maximum atomic E-state index is 5.22. The van der Waals surface area contributed by atoms with Gasteiger partial charge in [0.05, 0.1) is 18.8 Å². The van der Waals surface area contributed by atoms with Crippen molar-refractivity contribution in [3.63, 3.8) is 0 Å². The zero-order valence-electron chi connectivity index (χ0n) is 14.5. The van der Waals surface area contributed by atoms with Gasteiger partial charge in [-0.1, -0.05) is 60.4 Å². The van der Waals surface area contributed by atoms with E-state index in [9.17, 15) is 0 Å². The topological polar surface area (TPSA) is 9.23 Å². The van der Waals surface area contributed by atoms with Gasteiger partial charge in [-0.3, -0.25) is 0 Å². The van der Waals surface area contributed by atoms with Crippen molar-refractivity contribution in [1.29, 1.82) is 0 Å². The van der Waals surface area contributed by atoms with E-state index in [1.165, 1.54) is 22.3 Å². The standard InChI is InChI=1S/C23H22O/c1-23(2,21-10-5-4-6-11-21)15-14-18-12-13-19-8-7-9-20(17-24-3)22(19)16-18/h4-8,10-13,16-17H,9H2,1-3H3. The molecule has 0 fully saturated rings. The number of hydrogen-bond donors (Lipinski definition) is 0. The Labute approximate surface area is 144 Å². The number of methoxy groups -OCH3 is 1. The lowest BCUT2D eigenvalue weighted by molar-refractivity contribution is 0.339. The third-order valence-electron chi connectivity index (χ3n) is 4.31. The fourth-order valence-electron chi connectivity index (χ4n) is 2.89. The van der Waals surface area contributed by atoms with Gasteiger partial charge in [0.1, 0.15) is 0 Å². The van der Waals surface area contributed by atoms with Crippen LogP contribution in [-0.4, -0.2) is 7.11 Å². The fraction of sp³-hybridized carbons (Fsp3) is 0.217. The van der Waals surface area contributed by atoms with E-state index in [1.807, 2.05) is 12.3 Å². The number of ether oxygens (including phenoxy) is 1. The van der Waals surface area contributed by atoms with Crippen LogP contribution < -0.4 is 0 Å². The molecule has 0 saturated heterocycles. The molecule has 0 unspecified atom stereocenters. The van der Waals surface area contributed by atoms with Gasteiger partial charge in [-0.15, -0.1) is 0 Å². The molecule has 3 rings (SSSR count). The van der Waals surface area contributed by atoms with Crippen LogP contribution in [0.3, 0.4) is 0 Å². The minimum absolute atomic E-state index is 0.178. The van der Waals surface area contributed by atoms with Crippen LogP contribution in [0.15, 0.2) is 60.9 Å². The highest BCUT2D eigenvalue weighted by Gasteiger charge is 2.17. The summed E-state index contributed by atoms with van der Waals surface area (Å²) in [5.41, 5.74) is 5.72. The Kier molecular flexibility index (Phi) is 4.58. The molecule has 1 aliphatic rings. The summed E-state index contributed by atoms with van der Waals surface area (Å²) in [5, 5.41) is 0. The molecule has 120 valence electrons. The van der Waals surface area contributed by atoms with Crippen LogP contribution >= 0.6 is 0 Å². The Hall–Kier alpha value is -2.72. The molecule has 0 amide bonds. The molecule has 0 aromatic heterocycles. The molecule has 0 radical (unpaired) electrons. The molecule has 2 aromatic rings. The Morgan fingerprint density at radius 2 is 1.88 bits per heavy atom. The Morgan fingerprint density at radius 3 is 2.62 bits per heavy atom. The molecule has 0 bridgehead atoms. The first kappa shape index (κ1) is 16.1. The van der Waals surface area contributed by atoms with Gasteiger partial charge in [-0.25, -0.2) is 0 Å². The van der Waals surface area contributed by atoms with Gasteiger partial charge in [-0.05, 0) is 54.7 Å². The van der Waals surface area contributed by atoms with Crippen LogP contribution in [0.25, 0.3) is 11.6 Å². The minimum atomic E-state index is -0.178. The van der Waals surface area contributed by atoms with Crippen molar-refractivity contribution >= 4 is 11.6 Å². The smallest absolute Gasteiger partial charge is 0.0865 e. The predicted molar refractivity (Wildman–Crippen MR) is 101 cm³/mol. The normalized spacial score (nSPS) is 14.7. The number of hydrogen-bond acceptors (Lipinski definition) is 1. The number of fused-ring (bicyclic) bond motifs is 1. The molecular weight excluding hydrogens is 292 g/mol. The highest BCUT2D eigenvalue weighted by molar-refractivity contribution is 5.79. The Balaban J connectivity index is 1.94.